The van der Waals surface area contributed by atoms with Crippen LogP contribution in [0.2, 0.25) is 0 Å². The highest BCUT2D eigenvalue weighted by Crippen LogP contribution is 2.37. The number of benzene rings is 2. The number of alkyl halides is 3. The first-order valence-corrected chi connectivity index (χ1v) is 9.24. The van der Waals surface area contributed by atoms with E-state index < -0.39 is 6.36 Å². The highest BCUT2D eigenvalue weighted by atomic mass is 32.1. The van der Waals surface area contributed by atoms with Gasteiger partial charge >= 0.3 is 6.36 Å². The quantitative estimate of drug-likeness (QED) is 0.617. The van der Waals surface area contributed by atoms with Crippen LogP contribution in [0.5, 0.6) is 5.75 Å². The summed E-state index contributed by atoms with van der Waals surface area (Å²) in [7, 11) is 0. The van der Waals surface area contributed by atoms with Gasteiger partial charge in [0, 0.05) is 12.1 Å². The molecule has 0 bridgehead atoms. The Morgan fingerprint density at radius 3 is 2.59 bits per heavy atom. The third kappa shape index (κ3) is 3.75. The summed E-state index contributed by atoms with van der Waals surface area (Å²) in [5, 5.41) is 0.888. The zero-order valence-corrected chi connectivity index (χ0v) is 14.9. The fraction of sp³-hybridized carbons (Fsp3) is 0.263. The van der Waals surface area contributed by atoms with E-state index in [-0.39, 0.29) is 17.7 Å². The average Bonchev–Trinajstić information content (AvgIpc) is 3.27. The molecule has 0 spiro atoms. The van der Waals surface area contributed by atoms with Crippen LogP contribution in [0.15, 0.2) is 48.5 Å². The minimum Gasteiger partial charge on any atom is -0.406 e. The number of carbonyl (C=O) groups excluding carboxylic acids is 1. The number of amides is 1. The molecule has 27 heavy (non-hydrogen) atoms. The third-order valence-electron chi connectivity index (χ3n) is 4.44. The predicted molar refractivity (Wildman–Crippen MR) is 95.8 cm³/mol. The number of likely N-dealkylation sites (tertiary alicyclic amines) is 1. The smallest absolute Gasteiger partial charge is 0.406 e. The maximum absolute atomic E-state index is 12.9. The average molecular weight is 392 g/mol. The molecule has 3 aromatic rings. The molecule has 140 valence electrons. The summed E-state index contributed by atoms with van der Waals surface area (Å²) < 4.78 is 41.7. The van der Waals surface area contributed by atoms with Crippen molar-refractivity contribution in [1.29, 1.82) is 0 Å². The monoisotopic (exact) mass is 392 g/mol. The van der Waals surface area contributed by atoms with Gasteiger partial charge in [0.05, 0.1) is 16.3 Å². The molecule has 2 aromatic carbocycles. The van der Waals surface area contributed by atoms with Crippen LogP contribution in [-0.4, -0.2) is 28.7 Å². The number of carbonyl (C=O) groups is 1. The van der Waals surface area contributed by atoms with E-state index >= 15 is 0 Å². The molecule has 4 rings (SSSR count). The van der Waals surface area contributed by atoms with Crippen molar-refractivity contribution in [1.82, 2.24) is 9.88 Å². The number of rotatable bonds is 3. The molecule has 8 heteroatoms. The Labute approximate surface area is 157 Å². The molecule has 0 aliphatic carbocycles. The van der Waals surface area contributed by atoms with Gasteiger partial charge in [0.15, 0.2) is 0 Å². The number of hydrogen-bond acceptors (Lipinski definition) is 4. The fourth-order valence-electron chi connectivity index (χ4n) is 3.26. The van der Waals surface area contributed by atoms with E-state index in [0.717, 1.165) is 40.2 Å². The number of nitrogens with zero attached hydrogens (tertiary/aromatic N) is 2. The predicted octanol–water partition coefficient (Wildman–Crippen LogP) is 5.17. The summed E-state index contributed by atoms with van der Waals surface area (Å²) in [5.41, 5.74) is 1.24. The lowest BCUT2D eigenvalue weighted by Gasteiger charge is -2.23. The highest BCUT2D eigenvalue weighted by molar-refractivity contribution is 7.18. The Morgan fingerprint density at radius 1 is 1.15 bits per heavy atom. The van der Waals surface area contributed by atoms with Crippen LogP contribution < -0.4 is 4.74 Å². The summed E-state index contributed by atoms with van der Waals surface area (Å²) in [6.45, 7) is 0.597. The van der Waals surface area contributed by atoms with Gasteiger partial charge < -0.3 is 9.64 Å². The lowest BCUT2D eigenvalue weighted by atomic mass is 10.1. The number of fused-ring (bicyclic) bond motifs is 1. The molecule has 1 aliphatic heterocycles. The van der Waals surface area contributed by atoms with E-state index in [0.29, 0.717) is 12.1 Å². The second-order valence-corrected chi connectivity index (χ2v) is 7.31. The largest absolute Gasteiger partial charge is 0.573 e. The van der Waals surface area contributed by atoms with Crippen molar-refractivity contribution in [3.8, 4) is 5.75 Å². The van der Waals surface area contributed by atoms with Gasteiger partial charge in [-0.3, -0.25) is 4.79 Å². The van der Waals surface area contributed by atoms with Crippen LogP contribution in [-0.2, 0) is 0 Å². The molecule has 0 N–H and O–H groups in total. The Hall–Kier alpha value is -2.61. The summed E-state index contributed by atoms with van der Waals surface area (Å²) in [4.78, 5) is 19.3. The van der Waals surface area contributed by atoms with Crippen LogP contribution >= 0.6 is 11.3 Å². The Bertz CT molecular complexity index is 936. The van der Waals surface area contributed by atoms with Crippen molar-refractivity contribution in [2.24, 2.45) is 0 Å². The first-order chi connectivity index (χ1) is 12.9. The summed E-state index contributed by atoms with van der Waals surface area (Å²) >= 11 is 1.57. The van der Waals surface area contributed by atoms with E-state index in [1.807, 2.05) is 24.3 Å². The van der Waals surface area contributed by atoms with Crippen LogP contribution in [0.3, 0.4) is 0 Å². The van der Waals surface area contributed by atoms with E-state index in [1.54, 1.807) is 16.2 Å². The van der Waals surface area contributed by atoms with Crippen molar-refractivity contribution in [3.63, 3.8) is 0 Å². The Kier molecular flexibility index (Phi) is 4.51. The third-order valence-corrected chi connectivity index (χ3v) is 5.58. The number of thiazole rings is 1. The maximum atomic E-state index is 12.9. The molecule has 1 aromatic heterocycles. The molecular weight excluding hydrogens is 377 g/mol. The van der Waals surface area contributed by atoms with E-state index in [1.165, 1.54) is 12.1 Å². The standard InChI is InChI=1S/C19H15F3N2O2S/c20-19(21,22)26-13-9-7-12(8-10-13)18(25)24-11-3-5-15(24)17-23-14-4-1-2-6-16(14)27-17/h1-2,4,6-10,15H,3,5,11H2. The highest BCUT2D eigenvalue weighted by Gasteiger charge is 2.33. The lowest BCUT2D eigenvalue weighted by molar-refractivity contribution is -0.274. The molecule has 1 fully saturated rings. The van der Waals surface area contributed by atoms with Crippen molar-refractivity contribution >= 4 is 27.5 Å². The number of hydrogen-bond donors (Lipinski definition) is 0. The van der Waals surface area contributed by atoms with Crippen molar-refractivity contribution in [2.75, 3.05) is 6.54 Å². The van der Waals surface area contributed by atoms with E-state index in [9.17, 15) is 18.0 Å². The minimum atomic E-state index is -4.75. The minimum absolute atomic E-state index is 0.110. The number of aromatic nitrogens is 1. The molecule has 1 saturated heterocycles. The zero-order chi connectivity index (χ0) is 19.0. The van der Waals surface area contributed by atoms with Gasteiger partial charge in [-0.15, -0.1) is 24.5 Å². The molecule has 0 saturated carbocycles. The number of halogens is 3. The van der Waals surface area contributed by atoms with Gasteiger partial charge in [-0.05, 0) is 49.2 Å². The molecule has 0 radical (unpaired) electrons. The van der Waals surface area contributed by atoms with Gasteiger partial charge in [-0.25, -0.2) is 4.98 Å². The first kappa shape index (κ1) is 17.8. The Balaban J connectivity index is 1.55. The summed E-state index contributed by atoms with van der Waals surface area (Å²) in [6.07, 6.45) is -3.07. The number of ether oxygens (including phenoxy) is 1. The lowest BCUT2D eigenvalue weighted by Crippen LogP contribution is -2.30. The van der Waals surface area contributed by atoms with Gasteiger partial charge in [0.1, 0.15) is 10.8 Å². The second kappa shape index (κ2) is 6.84. The fourth-order valence-corrected chi connectivity index (χ4v) is 4.38. The first-order valence-electron chi connectivity index (χ1n) is 8.43. The number of para-hydroxylation sites is 1. The SMILES string of the molecule is O=C(c1ccc(OC(F)(F)F)cc1)N1CCCC1c1nc2ccccc2s1. The van der Waals surface area contributed by atoms with Crippen molar-refractivity contribution in [3.05, 3.63) is 59.1 Å². The molecule has 1 unspecified atom stereocenters. The van der Waals surface area contributed by atoms with Gasteiger partial charge in [-0.1, -0.05) is 12.1 Å². The van der Waals surface area contributed by atoms with Crippen molar-refractivity contribution in [2.45, 2.75) is 25.2 Å². The van der Waals surface area contributed by atoms with E-state index in [4.69, 9.17) is 0 Å². The van der Waals surface area contributed by atoms with Gasteiger partial charge in [0.25, 0.3) is 5.91 Å². The molecule has 4 nitrogen and oxygen atoms in total. The van der Waals surface area contributed by atoms with Crippen LogP contribution in [0.1, 0.15) is 34.2 Å². The van der Waals surface area contributed by atoms with Crippen molar-refractivity contribution < 1.29 is 22.7 Å². The molecule has 1 atom stereocenters. The molecular formula is C19H15F3N2O2S. The zero-order valence-electron chi connectivity index (χ0n) is 14.1. The normalized spacial score (nSPS) is 17.4. The summed E-state index contributed by atoms with van der Waals surface area (Å²) in [6, 6.07) is 12.7. The van der Waals surface area contributed by atoms with E-state index in [2.05, 4.69) is 9.72 Å². The van der Waals surface area contributed by atoms with Crippen LogP contribution in [0, 0.1) is 0 Å². The van der Waals surface area contributed by atoms with Gasteiger partial charge in [0.2, 0.25) is 0 Å². The second-order valence-electron chi connectivity index (χ2n) is 6.25. The molecule has 1 aliphatic rings. The van der Waals surface area contributed by atoms with Crippen LogP contribution in [0.25, 0.3) is 10.2 Å². The van der Waals surface area contributed by atoms with Crippen LogP contribution in [0.4, 0.5) is 13.2 Å². The maximum Gasteiger partial charge on any atom is 0.573 e. The molecule has 2 heterocycles. The Morgan fingerprint density at radius 2 is 1.89 bits per heavy atom. The van der Waals surface area contributed by atoms with Gasteiger partial charge in [-0.2, -0.15) is 0 Å². The topological polar surface area (TPSA) is 42.4 Å². The molecule has 1 amide bonds. The summed E-state index contributed by atoms with van der Waals surface area (Å²) in [5.74, 6) is -0.557.